The highest BCUT2D eigenvalue weighted by atomic mass is 16.3. The number of nitriles is 1. The summed E-state index contributed by atoms with van der Waals surface area (Å²) >= 11 is 0. The van der Waals surface area contributed by atoms with E-state index in [2.05, 4.69) is 28.9 Å². The van der Waals surface area contributed by atoms with Crippen LogP contribution in [0.3, 0.4) is 0 Å². The highest BCUT2D eigenvalue weighted by Crippen LogP contribution is 2.26. The van der Waals surface area contributed by atoms with E-state index in [1.165, 1.54) is 0 Å². The first-order valence-corrected chi connectivity index (χ1v) is 12.5. The van der Waals surface area contributed by atoms with Crippen molar-refractivity contribution in [1.82, 2.24) is 14.5 Å². The molecular formula is C28H35N5O2. The molecular weight excluding hydrogens is 438 g/mol. The van der Waals surface area contributed by atoms with Crippen LogP contribution in [0.4, 0.5) is 5.69 Å². The van der Waals surface area contributed by atoms with E-state index >= 15 is 0 Å². The quantitative estimate of drug-likeness (QED) is 0.561. The SMILES string of the molecule is CCCN1CCCN(c2ccc3nc(-c4cccc(C#N)c4)n(CC(C)(C)CO)c(=O)c3c2)CC1. The first-order chi connectivity index (χ1) is 16.8. The second kappa shape index (κ2) is 10.6. The van der Waals surface area contributed by atoms with E-state index in [-0.39, 0.29) is 12.2 Å². The van der Waals surface area contributed by atoms with Crippen molar-refractivity contribution >= 4 is 16.6 Å². The van der Waals surface area contributed by atoms with Crippen LogP contribution in [0, 0.1) is 16.7 Å². The summed E-state index contributed by atoms with van der Waals surface area (Å²) in [7, 11) is 0. The molecule has 0 amide bonds. The third kappa shape index (κ3) is 5.55. The fraction of sp³-hybridized carbons (Fsp3) is 0.464. The van der Waals surface area contributed by atoms with Gasteiger partial charge in [-0.05, 0) is 56.3 Å². The number of fused-ring (bicyclic) bond motifs is 1. The number of anilines is 1. The van der Waals surface area contributed by atoms with Gasteiger partial charge in [-0.2, -0.15) is 5.26 Å². The van der Waals surface area contributed by atoms with Crippen molar-refractivity contribution in [2.45, 2.75) is 40.2 Å². The average molecular weight is 474 g/mol. The first kappa shape index (κ1) is 24.9. The third-order valence-electron chi connectivity index (χ3n) is 6.70. The van der Waals surface area contributed by atoms with Crippen LogP contribution in [0.25, 0.3) is 22.3 Å². The normalized spacial score (nSPS) is 15.2. The van der Waals surface area contributed by atoms with Gasteiger partial charge in [-0.25, -0.2) is 4.98 Å². The van der Waals surface area contributed by atoms with Crippen LogP contribution in [0.15, 0.2) is 47.3 Å². The minimum atomic E-state index is -0.508. The van der Waals surface area contributed by atoms with Crippen molar-refractivity contribution in [3.8, 4) is 17.5 Å². The van der Waals surface area contributed by atoms with E-state index in [9.17, 15) is 15.2 Å². The van der Waals surface area contributed by atoms with Crippen molar-refractivity contribution < 1.29 is 5.11 Å². The van der Waals surface area contributed by atoms with Crippen molar-refractivity contribution in [2.24, 2.45) is 5.41 Å². The Kier molecular flexibility index (Phi) is 7.54. The molecule has 4 rings (SSSR count). The molecule has 0 unspecified atom stereocenters. The largest absolute Gasteiger partial charge is 0.396 e. The second-order valence-electron chi connectivity index (χ2n) is 10.2. The molecule has 0 aliphatic carbocycles. The van der Waals surface area contributed by atoms with Gasteiger partial charge in [0.1, 0.15) is 5.82 Å². The zero-order valence-electron chi connectivity index (χ0n) is 21.0. The molecule has 7 heteroatoms. The summed E-state index contributed by atoms with van der Waals surface area (Å²) in [5.74, 6) is 0.513. The van der Waals surface area contributed by atoms with E-state index in [0.29, 0.717) is 34.4 Å². The van der Waals surface area contributed by atoms with Crippen LogP contribution in [0.2, 0.25) is 0 Å². The van der Waals surface area contributed by atoms with Gasteiger partial charge in [0.15, 0.2) is 0 Å². The highest BCUT2D eigenvalue weighted by molar-refractivity contribution is 5.83. The number of hydrogen-bond donors (Lipinski definition) is 1. The molecule has 3 aromatic rings. The summed E-state index contributed by atoms with van der Waals surface area (Å²) in [5, 5.41) is 19.9. The number of aromatic nitrogens is 2. The van der Waals surface area contributed by atoms with Crippen molar-refractivity contribution in [2.75, 3.05) is 44.2 Å². The lowest BCUT2D eigenvalue weighted by Gasteiger charge is -2.26. The smallest absolute Gasteiger partial charge is 0.261 e. The Hall–Kier alpha value is -3.21. The van der Waals surface area contributed by atoms with E-state index < -0.39 is 5.41 Å². The van der Waals surface area contributed by atoms with E-state index in [1.807, 2.05) is 32.0 Å². The van der Waals surface area contributed by atoms with Crippen LogP contribution >= 0.6 is 0 Å². The van der Waals surface area contributed by atoms with Crippen LogP contribution in [0.5, 0.6) is 0 Å². The zero-order chi connectivity index (χ0) is 25.0. The number of aliphatic hydroxyl groups is 1. The molecule has 184 valence electrons. The van der Waals surface area contributed by atoms with Gasteiger partial charge in [-0.1, -0.05) is 32.9 Å². The van der Waals surface area contributed by atoms with Crippen LogP contribution < -0.4 is 10.5 Å². The summed E-state index contributed by atoms with van der Waals surface area (Å²) in [6.45, 7) is 11.5. The number of nitrogens with zero attached hydrogens (tertiary/aromatic N) is 5. The van der Waals surface area contributed by atoms with E-state index in [0.717, 1.165) is 51.3 Å². The molecule has 0 radical (unpaired) electrons. The van der Waals surface area contributed by atoms with Gasteiger partial charge >= 0.3 is 0 Å². The Morgan fingerprint density at radius 1 is 1.11 bits per heavy atom. The first-order valence-electron chi connectivity index (χ1n) is 12.5. The van der Waals surface area contributed by atoms with Crippen LogP contribution in [-0.4, -0.2) is 58.9 Å². The third-order valence-corrected chi connectivity index (χ3v) is 6.70. The molecule has 2 aromatic carbocycles. The molecule has 1 N–H and O–H groups in total. The lowest BCUT2D eigenvalue weighted by atomic mass is 9.94. The van der Waals surface area contributed by atoms with Gasteiger partial charge in [0, 0.05) is 49.5 Å². The molecule has 1 aliphatic rings. The number of benzene rings is 2. The monoisotopic (exact) mass is 473 g/mol. The summed E-state index contributed by atoms with van der Waals surface area (Å²) < 4.78 is 1.66. The van der Waals surface area contributed by atoms with Crippen LogP contribution in [0.1, 0.15) is 39.2 Å². The predicted octanol–water partition coefficient (Wildman–Crippen LogP) is 3.88. The van der Waals surface area contributed by atoms with Gasteiger partial charge in [0.05, 0.1) is 22.5 Å². The van der Waals surface area contributed by atoms with E-state index in [1.54, 1.807) is 22.8 Å². The number of hydrogen-bond acceptors (Lipinski definition) is 6. The second-order valence-corrected chi connectivity index (χ2v) is 10.2. The lowest BCUT2D eigenvalue weighted by Crippen LogP contribution is -2.33. The molecule has 1 aliphatic heterocycles. The number of rotatable bonds is 7. The van der Waals surface area contributed by atoms with Gasteiger partial charge in [-0.3, -0.25) is 9.36 Å². The zero-order valence-corrected chi connectivity index (χ0v) is 21.0. The Bertz CT molecular complexity index is 1290. The maximum absolute atomic E-state index is 13.9. The van der Waals surface area contributed by atoms with Gasteiger partial charge in [-0.15, -0.1) is 0 Å². The Labute approximate surface area is 207 Å². The molecule has 7 nitrogen and oxygen atoms in total. The summed E-state index contributed by atoms with van der Waals surface area (Å²) in [6, 6.07) is 15.3. The van der Waals surface area contributed by atoms with Gasteiger partial charge in [0.2, 0.25) is 0 Å². The molecule has 35 heavy (non-hydrogen) atoms. The standard InChI is InChI=1S/C28H35N5O2/c1-4-11-31-12-6-13-32(15-14-31)23-9-10-25-24(17-23)27(35)33(19-28(2,3)20-34)26(30-25)22-8-5-7-21(16-22)18-29/h5,7-10,16-17,34H,4,6,11-15,19-20H2,1-3H3. The summed E-state index contributed by atoms with van der Waals surface area (Å²) in [5.41, 5.74) is 2.27. The molecule has 0 saturated carbocycles. The highest BCUT2D eigenvalue weighted by Gasteiger charge is 2.23. The van der Waals surface area contributed by atoms with Crippen molar-refractivity contribution in [3.05, 3.63) is 58.4 Å². The predicted molar refractivity (Wildman–Crippen MR) is 141 cm³/mol. The molecule has 1 saturated heterocycles. The fourth-order valence-electron chi connectivity index (χ4n) is 4.75. The van der Waals surface area contributed by atoms with E-state index in [4.69, 9.17) is 4.98 Å². The Morgan fingerprint density at radius 2 is 1.94 bits per heavy atom. The molecule has 0 spiro atoms. The van der Waals surface area contributed by atoms with Gasteiger partial charge in [0.25, 0.3) is 5.56 Å². The molecule has 0 atom stereocenters. The maximum atomic E-state index is 13.9. The fourth-order valence-corrected chi connectivity index (χ4v) is 4.75. The molecule has 1 fully saturated rings. The number of aliphatic hydroxyl groups excluding tert-OH is 1. The van der Waals surface area contributed by atoms with Crippen LogP contribution in [-0.2, 0) is 6.54 Å². The molecule has 2 heterocycles. The van der Waals surface area contributed by atoms with Crippen molar-refractivity contribution in [3.63, 3.8) is 0 Å². The maximum Gasteiger partial charge on any atom is 0.261 e. The topological polar surface area (TPSA) is 85.4 Å². The average Bonchev–Trinajstić information content (AvgIpc) is 3.11. The summed E-state index contributed by atoms with van der Waals surface area (Å²) in [6.07, 6.45) is 2.25. The molecule has 0 bridgehead atoms. The Morgan fingerprint density at radius 3 is 2.69 bits per heavy atom. The van der Waals surface area contributed by atoms with Gasteiger partial charge < -0.3 is 14.9 Å². The summed E-state index contributed by atoms with van der Waals surface area (Å²) in [4.78, 5) is 23.6. The minimum absolute atomic E-state index is 0.0583. The Balaban J connectivity index is 1.80. The minimum Gasteiger partial charge on any atom is -0.396 e. The molecule has 1 aromatic heterocycles. The van der Waals surface area contributed by atoms with Crippen molar-refractivity contribution in [1.29, 1.82) is 5.26 Å². The lowest BCUT2D eigenvalue weighted by molar-refractivity contribution is 0.140.